The van der Waals surface area contributed by atoms with Gasteiger partial charge in [-0.15, -0.1) is 0 Å². The maximum Gasteiger partial charge on any atom is 0.264 e. The molecule has 10 heteroatoms. The Balaban J connectivity index is 1.52. The van der Waals surface area contributed by atoms with E-state index >= 15 is 4.39 Å². The molecule has 1 amide bonds. The van der Waals surface area contributed by atoms with E-state index < -0.39 is 23.2 Å². The summed E-state index contributed by atoms with van der Waals surface area (Å²) in [4.78, 5) is 34.8. The fourth-order valence-electron chi connectivity index (χ4n) is 5.90. The number of hydrogen-bond acceptors (Lipinski definition) is 7. The molecular formula is C29H26FN5O4. The molecule has 3 aliphatic heterocycles. The van der Waals surface area contributed by atoms with Gasteiger partial charge in [-0.2, -0.15) is 0 Å². The molecule has 0 bridgehead atoms. The lowest BCUT2D eigenvalue weighted by atomic mass is 10.0. The zero-order valence-electron chi connectivity index (χ0n) is 21.2. The van der Waals surface area contributed by atoms with E-state index in [-0.39, 0.29) is 41.1 Å². The molecule has 3 N–H and O–H groups in total. The maximum atomic E-state index is 15.9. The molecule has 1 saturated heterocycles. The number of nitrogens with two attached hydrogens (primary N) is 1. The van der Waals surface area contributed by atoms with Crippen molar-refractivity contribution < 1.29 is 19.0 Å². The van der Waals surface area contributed by atoms with E-state index in [1.165, 1.54) is 23.5 Å². The van der Waals surface area contributed by atoms with Gasteiger partial charge in [0.05, 0.1) is 36.1 Å². The Hall–Kier alpha value is -4.28. The summed E-state index contributed by atoms with van der Waals surface area (Å²) in [5, 5.41) is 11.8. The Kier molecular flexibility index (Phi) is 5.26. The van der Waals surface area contributed by atoms with Gasteiger partial charge < -0.3 is 25.0 Å². The van der Waals surface area contributed by atoms with Crippen molar-refractivity contribution in [3.8, 4) is 17.2 Å². The normalized spacial score (nSPS) is 21.6. The number of benzene rings is 3. The molecule has 3 aromatic carbocycles. The fraction of sp³-hybridized carbons (Fsp3) is 0.276. The van der Waals surface area contributed by atoms with Crippen LogP contribution in [0.4, 0.5) is 10.1 Å². The largest absolute Gasteiger partial charge is 0.451 e. The average Bonchev–Trinajstić information content (AvgIpc) is 3.53. The number of rotatable bonds is 3. The van der Waals surface area contributed by atoms with Crippen molar-refractivity contribution in [1.29, 1.82) is 0 Å². The van der Waals surface area contributed by atoms with Gasteiger partial charge in [0, 0.05) is 25.3 Å². The summed E-state index contributed by atoms with van der Waals surface area (Å²) in [6, 6.07) is 11.7. The number of fused-ring (bicyclic) bond motifs is 3. The predicted molar refractivity (Wildman–Crippen MR) is 147 cm³/mol. The zero-order valence-corrected chi connectivity index (χ0v) is 21.2. The topological polar surface area (TPSA) is 113 Å². The lowest BCUT2D eigenvalue weighted by Gasteiger charge is -2.30. The SMILES string of the molecule is CC1N=CN(C(=O)c2cn3c4c(c(N5CCC(N)C5)c(F)cc4c2=O)Oc2cc4ccccc4cc2-3)C1CO. The van der Waals surface area contributed by atoms with E-state index in [9.17, 15) is 14.7 Å². The molecule has 198 valence electrons. The Morgan fingerprint density at radius 2 is 2.00 bits per heavy atom. The number of aliphatic imine (C=N–C) groups is 1. The molecule has 1 fully saturated rings. The first kappa shape index (κ1) is 23.8. The molecule has 3 atom stereocenters. The Morgan fingerprint density at radius 1 is 1.23 bits per heavy atom. The standard InChI is InChI=1S/C29H26FN5O4/c1-15-23(13-36)35(14-32-15)29(38)20-12-34-22-8-16-4-2-3-5-17(16)9-24(22)39-28-25(34)19(27(20)37)10-21(30)26(28)33-7-6-18(31)11-33/h2-5,8-10,12,14-15,18,23,36H,6-7,11,13,31H2,1H3. The van der Waals surface area contributed by atoms with Crippen LogP contribution in [0, 0.1) is 5.82 Å². The average molecular weight is 528 g/mol. The van der Waals surface area contributed by atoms with Crippen LogP contribution in [0.3, 0.4) is 0 Å². The number of anilines is 1. The first-order valence-electron chi connectivity index (χ1n) is 13.0. The van der Waals surface area contributed by atoms with Crippen LogP contribution < -0.4 is 20.8 Å². The molecule has 4 aromatic rings. The first-order chi connectivity index (χ1) is 18.9. The fourth-order valence-corrected chi connectivity index (χ4v) is 5.90. The number of nitrogens with zero attached hydrogens (tertiary/aromatic N) is 4. The number of amides is 1. The monoisotopic (exact) mass is 527 g/mol. The van der Waals surface area contributed by atoms with E-state index in [1.807, 2.05) is 41.3 Å². The van der Waals surface area contributed by atoms with Crippen LogP contribution in [0.2, 0.25) is 0 Å². The summed E-state index contributed by atoms with van der Waals surface area (Å²) in [6.45, 7) is 2.49. The molecule has 7 rings (SSSR count). The summed E-state index contributed by atoms with van der Waals surface area (Å²) < 4.78 is 24.0. The molecule has 0 radical (unpaired) electrons. The third kappa shape index (κ3) is 3.48. The second kappa shape index (κ2) is 8.62. The van der Waals surface area contributed by atoms with Crippen LogP contribution in [-0.4, -0.2) is 64.6 Å². The van der Waals surface area contributed by atoms with Crippen LogP contribution in [0.15, 0.2) is 58.4 Å². The number of aliphatic hydroxyl groups excluding tert-OH is 1. The Labute approximate surface area is 222 Å². The molecule has 39 heavy (non-hydrogen) atoms. The van der Waals surface area contributed by atoms with Gasteiger partial charge in [0.15, 0.2) is 17.3 Å². The second-order valence-corrected chi connectivity index (χ2v) is 10.4. The Morgan fingerprint density at radius 3 is 2.72 bits per heavy atom. The quantitative estimate of drug-likeness (QED) is 0.373. The molecule has 3 unspecified atom stereocenters. The van der Waals surface area contributed by atoms with Crippen LogP contribution in [0.5, 0.6) is 11.5 Å². The van der Waals surface area contributed by atoms with Gasteiger partial charge in [0.2, 0.25) is 5.43 Å². The van der Waals surface area contributed by atoms with Crippen molar-refractivity contribution in [2.24, 2.45) is 10.7 Å². The molecule has 0 saturated carbocycles. The van der Waals surface area contributed by atoms with E-state index in [0.29, 0.717) is 36.5 Å². The van der Waals surface area contributed by atoms with Crippen LogP contribution in [-0.2, 0) is 0 Å². The van der Waals surface area contributed by atoms with Gasteiger partial charge >= 0.3 is 0 Å². The first-order valence-corrected chi connectivity index (χ1v) is 13.0. The third-order valence-electron chi connectivity index (χ3n) is 8.00. The molecule has 9 nitrogen and oxygen atoms in total. The number of ether oxygens (including phenoxy) is 1. The van der Waals surface area contributed by atoms with E-state index in [4.69, 9.17) is 10.5 Å². The van der Waals surface area contributed by atoms with Gasteiger partial charge in [0.1, 0.15) is 16.8 Å². The van der Waals surface area contributed by atoms with Crippen molar-refractivity contribution >= 4 is 39.6 Å². The van der Waals surface area contributed by atoms with Gasteiger partial charge in [0.25, 0.3) is 5.91 Å². The van der Waals surface area contributed by atoms with Crippen molar-refractivity contribution in [2.75, 3.05) is 24.6 Å². The number of pyridine rings is 1. The van der Waals surface area contributed by atoms with Gasteiger partial charge in [-0.1, -0.05) is 24.3 Å². The Bertz CT molecular complexity index is 1780. The van der Waals surface area contributed by atoms with Crippen molar-refractivity contribution in [1.82, 2.24) is 9.47 Å². The highest BCUT2D eigenvalue weighted by molar-refractivity contribution is 6.05. The minimum Gasteiger partial charge on any atom is -0.451 e. The summed E-state index contributed by atoms with van der Waals surface area (Å²) in [7, 11) is 0. The van der Waals surface area contributed by atoms with E-state index in [0.717, 1.165) is 10.8 Å². The van der Waals surface area contributed by atoms with Crippen LogP contribution in [0.1, 0.15) is 23.7 Å². The van der Waals surface area contributed by atoms with Gasteiger partial charge in [-0.25, -0.2) is 4.39 Å². The summed E-state index contributed by atoms with van der Waals surface area (Å²) in [5.41, 5.74) is 6.63. The molecule has 4 heterocycles. The van der Waals surface area contributed by atoms with Crippen molar-refractivity contribution in [3.05, 3.63) is 70.3 Å². The summed E-state index contributed by atoms with van der Waals surface area (Å²) >= 11 is 0. The zero-order chi connectivity index (χ0) is 27.0. The number of carbonyl (C=O) groups excluding carboxylic acids is 1. The number of aromatic nitrogens is 1. The van der Waals surface area contributed by atoms with E-state index in [1.54, 1.807) is 11.5 Å². The molecule has 3 aliphatic rings. The molecule has 1 aromatic heterocycles. The molecule has 0 aliphatic carbocycles. The number of carbonyl (C=O) groups is 1. The van der Waals surface area contributed by atoms with E-state index in [2.05, 4.69) is 4.99 Å². The van der Waals surface area contributed by atoms with Gasteiger partial charge in [-0.3, -0.25) is 19.5 Å². The van der Waals surface area contributed by atoms with Gasteiger partial charge in [-0.05, 0) is 42.3 Å². The lowest BCUT2D eigenvalue weighted by molar-refractivity contribution is 0.0760. The highest BCUT2D eigenvalue weighted by Gasteiger charge is 2.36. The smallest absolute Gasteiger partial charge is 0.264 e. The predicted octanol–water partition coefficient (Wildman–Crippen LogP) is 3.16. The number of hydrogen-bond donors (Lipinski definition) is 2. The molecule has 0 spiro atoms. The van der Waals surface area contributed by atoms with Crippen LogP contribution >= 0.6 is 0 Å². The summed E-state index contributed by atoms with van der Waals surface area (Å²) in [5.74, 6) is -0.524. The maximum absolute atomic E-state index is 15.9. The molecular weight excluding hydrogens is 501 g/mol. The number of aliphatic hydroxyl groups is 1. The van der Waals surface area contributed by atoms with Crippen LogP contribution in [0.25, 0.3) is 27.4 Å². The van der Waals surface area contributed by atoms with Crippen molar-refractivity contribution in [3.63, 3.8) is 0 Å². The third-order valence-corrected chi connectivity index (χ3v) is 8.00. The highest BCUT2D eigenvalue weighted by Crippen LogP contribution is 2.48. The van der Waals surface area contributed by atoms with Crippen molar-refractivity contribution in [2.45, 2.75) is 31.5 Å². The highest BCUT2D eigenvalue weighted by atomic mass is 19.1. The minimum atomic E-state index is -0.617. The second-order valence-electron chi connectivity index (χ2n) is 10.4. The number of halogens is 1. The minimum absolute atomic E-state index is 0.0316. The summed E-state index contributed by atoms with van der Waals surface area (Å²) in [6.07, 6.45) is 3.56. The lowest BCUT2D eigenvalue weighted by Crippen LogP contribution is -2.43.